The molecule has 2 aromatic rings. The highest BCUT2D eigenvalue weighted by molar-refractivity contribution is 9.10. The van der Waals surface area contributed by atoms with Crippen molar-refractivity contribution in [2.75, 3.05) is 6.54 Å². The van der Waals surface area contributed by atoms with E-state index in [4.69, 9.17) is 4.74 Å². The molecule has 0 aliphatic rings. The molecule has 1 unspecified atom stereocenters. The maximum absolute atomic E-state index is 5.89. The standard InChI is InChI=1S/C14H17BrN2OS/c1-3-16-10(2)13-6-11(15)4-5-14(13)18-7-12-8-19-9-17-12/h4-6,8-10,16H,3,7H2,1-2H3. The van der Waals surface area contributed by atoms with E-state index in [1.165, 1.54) is 0 Å². The lowest BCUT2D eigenvalue weighted by Crippen LogP contribution is -2.18. The zero-order chi connectivity index (χ0) is 13.7. The Labute approximate surface area is 126 Å². The highest BCUT2D eigenvalue weighted by Crippen LogP contribution is 2.29. The lowest BCUT2D eigenvalue weighted by Gasteiger charge is -2.17. The first kappa shape index (κ1) is 14.5. The minimum absolute atomic E-state index is 0.257. The largest absolute Gasteiger partial charge is 0.487 e. The summed E-state index contributed by atoms with van der Waals surface area (Å²) >= 11 is 5.10. The number of nitrogens with zero attached hydrogens (tertiary/aromatic N) is 1. The molecule has 0 saturated carbocycles. The SMILES string of the molecule is CCNC(C)c1cc(Br)ccc1OCc1cscn1. The molecule has 0 radical (unpaired) electrons. The van der Waals surface area contributed by atoms with Crippen molar-refractivity contribution < 1.29 is 4.74 Å². The summed E-state index contributed by atoms with van der Waals surface area (Å²) in [5, 5.41) is 5.41. The van der Waals surface area contributed by atoms with Crippen LogP contribution in [0.4, 0.5) is 0 Å². The molecule has 0 aliphatic carbocycles. The third kappa shape index (κ3) is 4.03. The van der Waals surface area contributed by atoms with Gasteiger partial charge in [-0.1, -0.05) is 22.9 Å². The molecule has 1 atom stereocenters. The van der Waals surface area contributed by atoms with E-state index in [0.717, 1.165) is 28.0 Å². The molecule has 2 rings (SSSR count). The van der Waals surface area contributed by atoms with Crippen molar-refractivity contribution >= 4 is 27.3 Å². The van der Waals surface area contributed by atoms with Crippen molar-refractivity contribution in [2.45, 2.75) is 26.5 Å². The highest BCUT2D eigenvalue weighted by atomic mass is 79.9. The number of aromatic nitrogens is 1. The van der Waals surface area contributed by atoms with Gasteiger partial charge in [-0.05, 0) is 31.7 Å². The van der Waals surface area contributed by atoms with Gasteiger partial charge in [-0.2, -0.15) is 0 Å². The number of rotatable bonds is 6. The predicted octanol–water partition coefficient (Wildman–Crippen LogP) is 4.16. The van der Waals surface area contributed by atoms with Gasteiger partial charge in [0.2, 0.25) is 0 Å². The van der Waals surface area contributed by atoms with Gasteiger partial charge >= 0.3 is 0 Å². The van der Waals surface area contributed by atoms with Crippen LogP contribution < -0.4 is 10.1 Å². The normalized spacial score (nSPS) is 12.4. The van der Waals surface area contributed by atoms with Crippen LogP contribution in [0, 0.1) is 0 Å². The molecule has 1 N–H and O–H groups in total. The Hall–Kier alpha value is -0.910. The molecule has 0 saturated heterocycles. The molecule has 0 fully saturated rings. The Morgan fingerprint density at radius 3 is 3.00 bits per heavy atom. The van der Waals surface area contributed by atoms with Gasteiger partial charge in [0.05, 0.1) is 11.2 Å². The second kappa shape index (κ2) is 7.03. The van der Waals surface area contributed by atoms with Gasteiger partial charge in [-0.3, -0.25) is 0 Å². The zero-order valence-corrected chi connectivity index (χ0v) is 13.4. The quantitative estimate of drug-likeness (QED) is 0.857. The van der Waals surface area contributed by atoms with Crippen LogP contribution in [-0.2, 0) is 6.61 Å². The lowest BCUT2D eigenvalue weighted by atomic mass is 10.1. The van der Waals surface area contributed by atoms with Crippen molar-refractivity contribution in [2.24, 2.45) is 0 Å². The molecule has 19 heavy (non-hydrogen) atoms. The van der Waals surface area contributed by atoms with Gasteiger partial charge in [0, 0.05) is 21.5 Å². The Balaban J connectivity index is 2.14. The van der Waals surface area contributed by atoms with Gasteiger partial charge < -0.3 is 10.1 Å². The molecule has 1 aromatic heterocycles. The minimum Gasteiger partial charge on any atom is -0.487 e. The fraction of sp³-hybridized carbons (Fsp3) is 0.357. The Morgan fingerprint density at radius 1 is 1.47 bits per heavy atom. The number of thiazole rings is 1. The smallest absolute Gasteiger partial charge is 0.131 e. The topological polar surface area (TPSA) is 34.1 Å². The fourth-order valence-electron chi connectivity index (χ4n) is 1.87. The van der Waals surface area contributed by atoms with Crippen molar-refractivity contribution in [3.05, 3.63) is 44.8 Å². The summed E-state index contributed by atoms with van der Waals surface area (Å²) in [5.41, 5.74) is 3.95. The fourth-order valence-corrected chi connectivity index (χ4v) is 2.79. The molecule has 0 aliphatic heterocycles. The summed E-state index contributed by atoms with van der Waals surface area (Å²) < 4.78 is 6.95. The maximum atomic E-state index is 5.89. The summed E-state index contributed by atoms with van der Waals surface area (Å²) in [7, 11) is 0. The number of benzene rings is 1. The first-order chi connectivity index (χ1) is 9.20. The highest BCUT2D eigenvalue weighted by Gasteiger charge is 2.12. The van der Waals surface area contributed by atoms with E-state index < -0.39 is 0 Å². The average Bonchev–Trinajstić information content (AvgIpc) is 2.90. The van der Waals surface area contributed by atoms with Crippen LogP contribution in [-0.4, -0.2) is 11.5 Å². The van der Waals surface area contributed by atoms with E-state index in [0.29, 0.717) is 6.61 Å². The summed E-state index contributed by atoms with van der Waals surface area (Å²) in [4.78, 5) is 4.23. The minimum atomic E-state index is 0.257. The molecule has 102 valence electrons. The van der Waals surface area contributed by atoms with Crippen LogP contribution in [0.1, 0.15) is 31.1 Å². The van der Waals surface area contributed by atoms with Gasteiger partial charge in [0.25, 0.3) is 0 Å². The van der Waals surface area contributed by atoms with Crippen molar-refractivity contribution in [1.82, 2.24) is 10.3 Å². The second-order valence-electron chi connectivity index (χ2n) is 4.23. The average molecular weight is 341 g/mol. The van der Waals surface area contributed by atoms with Gasteiger partial charge in [-0.15, -0.1) is 11.3 Å². The predicted molar refractivity (Wildman–Crippen MR) is 82.7 cm³/mol. The first-order valence-corrected chi connectivity index (χ1v) is 7.97. The van der Waals surface area contributed by atoms with Crippen LogP contribution in [0.5, 0.6) is 5.75 Å². The molecule has 0 spiro atoms. The van der Waals surface area contributed by atoms with E-state index in [9.17, 15) is 0 Å². The molecular formula is C14H17BrN2OS. The molecular weight excluding hydrogens is 324 g/mol. The summed E-state index contributed by atoms with van der Waals surface area (Å²) in [6.07, 6.45) is 0. The van der Waals surface area contributed by atoms with E-state index in [-0.39, 0.29) is 6.04 Å². The van der Waals surface area contributed by atoms with Crippen LogP contribution in [0.15, 0.2) is 33.6 Å². The Kier molecular flexibility index (Phi) is 5.36. The summed E-state index contributed by atoms with van der Waals surface area (Å²) in [5.74, 6) is 0.907. The molecule has 1 heterocycles. The van der Waals surface area contributed by atoms with Gasteiger partial charge in [0.1, 0.15) is 12.4 Å². The van der Waals surface area contributed by atoms with Gasteiger partial charge in [0.15, 0.2) is 0 Å². The van der Waals surface area contributed by atoms with Crippen LogP contribution in [0.2, 0.25) is 0 Å². The third-order valence-electron chi connectivity index (χ3n) is 2.81. The molecule has 0 bridgehead atoms. The number of halogens is 1. The van der Waals surface area contributed by atoms with Crippen LogP contribution in [0.25, 0.3) is 0 Å². The van der Waals surface area contributed by atoms with Crippen molar-refractivity contribution in [1.29, 1.82) is 0 Å². The van der Waals surface area contributed by atoms with E-state index in [1.54, 1.807) is 11.3 Å². The molecule has 3 nitrogen and oxygen atoms in total. The monoisotopic (exact) mass is 340 g/mol. The Morgan fingerprint density at radius 2 is 2.32 bits per heavy atom. The molecule has 1 aromatic carbocycles. The summed E-state index contributed by atoms with van der Waals surface area (Å²) in [6.45, 7) is 5.68. The molecule has 0 amide bonds. The lowest BCUT2D eigenvalue weighted by molar-refractivity contribution is 0.296. The number of hydrogen-bond donors (Lipinski definition) is 1. The van der Waals surface area contributed by atoms with Gasteiger partial charge in [-0.25, -0.2) is 4.98 Å². The van der Waals surface area contributed by atoms with E-state index in [1.807, 2.05) is 23.0 Å². The van der Waals surface area contributed by atoms with Crippen LogP contribution >= 0.6 is 27.3 Å². The van der Waals surface area contributed by atoms with E-state index >= 15 is 0 Å². The van der Waals surface area contributed by atoms with Crippen molar-refractivity contribution in [3.8, 4) is 5.75 Å². The maximum Gasteiger partial charge on any atom is 0.131 e. The molecule has 5 heteroatoms. The second-order valence-corrected chi connectivity index (χ2v) is 5.86. The zero-order valence-electron chi connectivity index (χ0n) is 11.0. The number of nitrogens with one attached hydrogen (secondary N) is 1. The first-order valence-electron chi connectivity index (χ1n) is 6.23. The number of hydrogen-bond acceptors (Lipinski definition) is 4. The van der Waals surface area contributed by atoms with Crippen molar-refractivity contribution in [3.63, 3.8) is 0 Å². The van der Waals surface area contributed by atoms with Crippen LogP contribution in [0.3, 0.4) is 0 Å². The number of ether oxygens (including phenoxy) is 1. The Bertz CT molecular complexity index is 516. The van der Waals surface area contributed by atoms with E-state index in [2.05, 4.69) is 46.1 Å². The summed E-state index contributed by atoms with van der Waals surface area (Å²) in [6, 6.07) is 6.36. The third-order valence-corrected chi connectivity index (χ3v) is 3.94.